The van der Waals surface area contributed by atoms with Crippen molar-refractivity contribution in [2.45, 2.75) is 13.0 Å². The van der Waals surface area contributed by atoms with Crippen molar-refractivity contribution in [3.63, 3.8) is 0 Å². The molecule has 0 atom stereocenters. The van der Waals surface area contributed by atoms with E-state index < -0.39 is 12.4 Å². The lowest BCUT2D eigenvalue weighted by Gasteiger charge is -2.18. The minimum Gasteiger partial charge on any atom is -0.480 e. The lowest BCUT2D eigenvalue weighted by Crippen LogP contribution is -2.29. The number of carbonyl (C=O) groups is 1. The number of hydrogen-bond acceptors (Lipinski definition) is 2. The van der Waals surface area contributed by atoms with E-state index in [9.17, 15) is 13.6 Å². The van der Waals surface area contributed by atoms with Gasteiger partial charge in [0.25, 0.3) is 6.43 Å². The van der Waals surface area contributed by atoms with Gasteiger partial charge in [0.2, 0.25) is 0 Å². The van der Waals surface area contributed by atoms with Crippen LogP contribution in [-0.4, -0.2) is 29.1 Å². The summed E-state index contributed by atoms with van der Waals surface area (Å²) >= 11 is 0. The monoisotopic (exact) mass is 255 g/mol. The third kappa shape index (κ3) is 4.63. The Kier molecular flexibility index (Phi) is 5.45. The maximum Gasteiger partial charge on any atom is 0.317 e. The number of hydrogen-bond donors (Lipinski definition) is 1. The van der Waals surface area contributed by atoms with E-state index in [2.05, 4.69) is 6.58 Å². The quantitative estimate of drug-likeness (QED) is 0.761. The number of aliphatic carboxylic acids is 1. The molecule has 0 aliphatic heterocycles. The third-order valence-electron chi connectivity index (χ3n) is 2.36. The lowest BCUT2D eigenvalue weighted by molar-refractivity contribution is -0.138. The van der Waals surface area contributed by atoms with Crippen LogP contribution in [0.2, 0.25) is 0 Å². The molecular formula is C13H15F2NO2. The topological polar surface area (TPSA) is 40.5 Å². The number of alkyl halides is 2. The van der Waals surface area contributed by atoms with Gasteiger partial charge in [0.1, 0.15) is 0 Å². The van der Waals surface area contributed by atoms with Crippen molar-refractivity contribution >= 4 is 5.97 Å². The molecule has 0 bridgehead atoms. The predicted octanol–water partition coefficient (Wildman–Crippen LogP) is 2.70. The number of rotatable bonds is 7. The van der Waals surface area contributed by atoms with Crippen LogP contribution >= 0.6 is 0 Å². The average molecular weight is 255 g/mol. The fourth-order valence-electron chi connectivity index (χ4n) is 1.64. The molecule has 0 amide bonds. The Labute approximate surface area is 104 Å². The lowest BCUT2D eigenvalue weighted by atomic mass is 10.1. The molecule has 98 valence electrons. The highest BCUT2D eigenvalue weighted by Crippen LogP contribution is 2.20. The Balaban J connectivity index is 2.76. The van der Waals surface area contributed by atoms with Crippen LogP contribution in [0, 0.1) is 0 Å². The van der Waals surface area contributed by atoms with Crippen molar-refractivity contribution in [1.82, 2.24) is 4.90 Å². The first kappa shape index (κ1) is 14.3. The summed E-state index contributed by atoms with van der Waals surface area (Å²) in [6, 6.07) is 5.99. The molecule has 0 aromatic heterocycles. The van der Waals surface area contributed by atoms with Crippen LogP contribution in [0.1, 0.15) is 17.6 Å². The summed E-state index contributed by atoms with van der Waals surface area (Å²) in [5, 5.41) is 8.74. The Bertz CT molecular complexity index is 421. The smallest absolute Gasteiger partial charge is 0.317 e. The van der Waals surface area contributed by atoms with Crippen LogP contribution in [0.5, 0.6) is 0 Å². The SMILES string of the molecule is C=CCN(CC(=O)O)Cc1cccc(C(F)F)c1. The maximum atomic E-state index is 12.5. The van der Waals surface area contributed by atoms with E-state index in [1.165, 1.54) is 12.1 Å². The van der Waals surface area contributed by atoms with Crippen LogP contribution in [-0.2, 0) is 11.3 Å². The molecule has 0 heterocycles. The molecular weight excluding hydrogens is 240 g/mol. The molecule has 1 aromatic carbocycles. The van der Waals surface area contributed by atoms with E-state index in [4.69, 9.17) is 5.11 Å². The highest BCUT2D eigenvalue weighted by atomic mass is 19.3. The molecule has 0 unspecified atom stereocenters. The van der Waals surface area contributed by atoms with Crippen LogP contribution in [0.3, 0.4) is 0 Å². The van der Waals surface area contributed by atoms with Gasteiger partial charge in [0.05, 0.1) is 6.54 Å². The first-order chi connectivity index (χ1) is 8.52. The van der Waals surface area contributed by atoms with Gasteiger partial charge in [-0.3, -0.25) is 9.69 Å². The van der Waals surface area contributed by atoms with E-state index in [1.807, 2.05) is 0 Å². The third-order valence-corrected chi connectivity index (χ3v) is 2.36. The van der Waals surface area contributed by atoms with Gasteiger partial charge in [-0.05, 0) is 11.6 Å². The zero-order chi connectivity index (χ0) is 13.5. The van der Waals surface area contributed by atoms with Crippen molar-refractivity contribution < 1.29 is 18.7 Å². The first-order valence-corrected chi connectivity index (χ1v) is 5.45. The molecule has 0 fully saturated rings. The van der Waals surface area contributed by atoms with E-state index in [0.29, 0.717) is 18.7 Å². The first-order valence-electron chi connectivity index (χ1n) is 5.45. The molecule has 3 nitrogen and oxygen atoms in total. The zero-order valence-electron chi connectivity index (χ0n) is 9.85. The highest BCUT2D eigenvalue weighted by molar-refractivity contribution is 5.69. The van der Waals surface area contributed by atoms with Gasteiger partial charge in [0.15, 0.2) is 0 Å². The average Bonchev–Trinajstić information content (AvgIpc) is 2.28. The van der Waals surface area contributed by atoms with E-state index in [1.54, 1.807) is 23.1 Å². The van der Waals surface area contributed by atoms with Gasteiger partial charge >= 0.3 is 5.97 Å². The van der Waals surface area contributed by atoms with E-state index >= 15 is 0 Å². The Morgan fingerprint density at radius 3 is 2.78 bits per heavy atom. The number of nitrogens with zero attached hydrogens (tertiary/aromatic N) is 1. The molecule has 0 radical (unpaired) electrons. The molecule has 18 heavy (non-hydrogen) atoms. The van der Waals surface area contributed by atoms with Gasteiger partial charge in [0, 0.05) is 18.7 Å². The number of carboxylic acid groups (broad SMARTS) is 1. The van der Waals surface area contributed by atoms with Crippen molar-refractivity contribution in [2.24, 2.45) is 0 Å². The van der Waals surface area contributed by atoms with Crippen molar-refractivity contribution in [3.8, 4) is 0 Å². The number of benzene rings is 1. The molecule has 1 N–H and O–H groups in total. The molecule has 1 rings (SSSR count). The summed E-state index contributed by atoms with van der Waals surface area (Å²) in [5.41, 5.74) is 0.609. The molecule has 0 saturated carbocycles. The van der Waals surface area contributed by atoms with Gasteiger partial charge in [-0.2, -0.15) is 0 Å². The van der Waals surface area contributed by atoms with Crippen molar-refractivity contribution in [1.29, 1.82) is 0 Å². The Morgan fingerprint density at radius 1 is 1.50 bits per heavy atom. The molecule has 0 aliphatic carbocycles. The second-order valence-electron chi connectivity index (χ2n) is 3.90. The number of carboxylic acids is 1. The second-order valence-corrected chi connectivity index (χ2v) is 3.90. The fourth-order valence-corrected chi connectivity index (χ4v) is 1.64. The van der Waals surface area contributed by atoms with Crippen LogP contribution in [0.15, 0.2) is 36.9 Å². The van der Waals surface area contributed by atoms with Crippen LogP contribution in [0.4, 0.5) is 8.78 Å². The molecule has 0 saturated heterocycles. The molecule has 1 aromatic rings. The van der Waals surface area contributed by atoms with E-state index in [-0.39, 0.29) is 12.1 Å². The summed E-state index contributed by atoms with van der Waals surface area (Å²) in [6.07, 6.45) is -0.933. The standard InChI is InChI=1S/C13H15F2NO2/c1-2-6-16(9-12(17)18)8-10-4-3-5-11(7-10)13(14)15/h2-5,7,13H,1,6,8-9H2,(H,17,18). The summed E-state index contributed by atoms with van der Waals surface area (Å²) in [5.74, 6) is -0.957. The summed E-state index contributed by atoms with van der Waals surface area (Å²) in [6.45, 7) is 4.09. The van der Waals surface area contributed by atoms with Gasteiger partial charge in [-0.1, -0.05) is 24.3 Å². The van der Waals surface area contributed by atoms with Crippen LogP contribution < -0.4 is 0 Å². The van der Waals surface area contributed by atoms with Gasteiger partial charge in [-0.25, -0.2) is 8.78 Å². The zero-order valence-corrected chi connectivity index (χ0v) is 9.85. The molecule has 0 aliphatic rings. The van der Waals surface area contributed by atoms with Gasteiger partial charge in [-0.15, -0.1) is 6.58 Å². The Hall–Kier alpha value is -1.75. The normalized spacial score (nSPS) is 10.9. The molecule has 0 spiro atoms. The Morgan fingerprint density at radius 2 is 2.22 bits per heavy atom. The summed E-state index contributed by atoms with van der Waals surface area (Å²) < 4.78 is 25.0. The maximum absolute atomic E-state index is 12.5. The van der Waals surface area contributed by atoms with Gasteiger partial charge < -0.3 is 5.11 Å². The van der Waals surface area contributed by atoms with E-state index in [0.717, 1.165) is 0 Å². The summed E-state index contributed by atoms with van der Waals surface area (Å²) in [7, 11) is 0. The van der Waals surface area contributed by atoms with Crippen molar-refractivity contribution in [3.05, 3.63) is 48.0 Å². The minimum absolute atomic E-state index is 0.0543. The fraction of sp³-hybridized carbons (Fsp3) is 0.308. The van der Waals surface area contributed by atoms with Crippen LogP contribution in [0.25, 0.3) is 0 Å². The van der Waals surface area contributed by atoms with Crippen molar-refractivity contribution in [2.75, 3.05) is 13.1 Å². The molecule has 5 heteroatoms. The largest absolute Gasteiger partial charge is 0.480 e. The number of halogens is 2. The summed E-state index contributed by atoms with van der Waals surface area (Å²) in [4.78, 5) is 12.3. The highest BCUT2D eigenvalue weighted by Gasteiger charge is 2.11. The second kappa shape index (κ2) is 6.86. The predicted molar refractivity (Wildman–Crippen MR) is 64.5 cm³/mol. The minimum atomic E-state index is -2.52.